The molecule has 4 nitrogen and oxygen atoms in total. The van der Waals surface area contributed by atoms with Crippen molar-refractivity contribution in [2.45, 2.75) is 32.0 Å². The lowest BCUT2D eigenvalue weighted by atomic mass is 9.82. The van der Waals surface area contributed by atoms with Gasteiger partial charge in [-0.3, -0.25) is 4.79 Å². The second-order valence-electron chi connectivity index (χ2n) is 3.59. The maximum Gasteiger partial charge on any atom is 0.248 e. The SMILES string of the molecule is CNC(=O)C(C)OC1CC(CN)C1. The van der Waals surface area contributed by atoms with Gasteiger partial charge in [-0.05, 0) is 32.2 Å². The highest BCUT2D eigenvalue weighted by atomic mass is 16.5. The number of hydrogen-bond acceptors (Lipinski definition) is 3. The third-order valence-electron chi connectivity index (χ3n) is 2.54. The molecule has 4 heteroatoms. The average Bonchev–Trinajstić information content (AvgIpc) is 2.08. The van der Waals surface area contributed by atoms with Gasteiger partial charge in [0, 0.05) is 7.05 Å². The minimum absolute atomic E-state index is 0.0591. The molecule has 0 aliphatic heterocycles. The van der Waals surface area contributed by atoms with Gasteiger partial charge in [-0.15, -0.1) is 0 Å². The van der Waals surface area contributed by atoms with Crippen LogP contribution in [0.25, 0.3) is 0 Å². The zero-order chi connectivity index (χ0) is 9.84. The van der Waals surface area contributed by atoms with Crippen molar-refractivity contribution in [2.75, 3.05) is 13.6 Å². The van der Waals surface area contributed by atoms with Crippen LogP contribution in [-0.2, 0) is 9.53 Å². The lowest BCUT2D eigenvalue weighted by Crippen LogP contribution is -2.41. The van der Waals surface area contributed by atoms with Gasteiger partial charge in [0.25, 0.3) is 0 Å². The van der Waals surface area contributed by atoms with E-state index in [-0.39, 0.29) is 18.1 Å². The third kappa shape index (κ3) is 2.67. The lowest BCUT2D eigenvalue weighted by Gasteiger charge is -2.35. The smallest absolute Gasteiger partial charge is 0.248 e. The summed E-state index contributed by atoms with van der Waals surface area (Å²) in [5, 5.41) is 2.55. The molecule has 1 unspecified atom stereocenters. The summed E-state index contributed by atoms with van der Waals surface area (Å²) in [6, 6.07) is 0. The molecular weight excluding hydrogens is 168 g/mol. The van der Waals surface area contributed by atoms with Crippen LogP contribution in [0.15, 0.2) is 0 Å². The van der Waals surface area contributed by atoms with Crippen molar-refractivity contribution in [3.05, 3.63) is 0 Å². The van der Waals surface area contributed by atoms with Gasteiger partial charge >= 0.3 is 0 Å². The van der Waals surface area contributed by atoms with Crippen molar-refractivity contribution >= 4 is 5.91 Å². The van der Waals surface area contributed by atoms with Gasteiger partial charge in [0.15, 0.2) is 0 Å². The first-order valence-corrected chi connectivity index (χ1v) is 4.74. The fourth-order valence-electron chi connectivity index (χ4n) is 1.53. The van der Waals surface area contributed by atoms with Crippen LogP contribution in [-0.4, -0.2) is 31.7 Å². The zero-order valence-electron chi connectivity index (χ0n) is 8.25. The predicted octanol–water partition coefficient (Wildman–Crippen LogP) is -0.125. The van der Waals surface area contributed by atoms with Gasteiger partial charge in [-0.2, -0.15) is 0 Å². The minimum Gasteiger partial charge on any atom is -0.365 e. The third-order valence-corrected chi connectivity index (χ3v) is 2.54. The molecule has 0 aromatic heterocycles. The first kappa shape index (κ1) is 10.5. The Morgan fingerprint density at radius 1 is 1.69 bits per heavy atom. The van der Waals surface area contributed by atoms with Gasteiger partial charge in [0.05, 0.1) is 6.10 Å². The van der Waals surface area contributed by atoms with Gasteiger partial charge in [-0.1, -0.05) is 0 Å². The molecule has 1 atom stereocenters. The highest BCUT2D eigenvalue weighted by Gasteiger charge is 2.31. The van der Waals surface area contributed by atoms with Crippen LogP contribution in [0.3, 0.4) is 0 Å². The molecule has 1 aliphatic rings. The second-order valence-corrected chi connectivity index (χ2v) is 3.59. The van der Waals surface area contributed by atoms with Crippen molar-refractivity contribution in [2.24, 2.45) is 11.7 Å². The van der Waals surface area contributed by atoms with E-state index in [2.05, 4.69) is 5.32 Å². The number of nitrogens with one attached hydrogen (secondary N) is 1. The van der Waals surface area contributed by atoms with Gasteiger partial charge in [0.2, 0.25) is 5.91 Å². The number of ether oxygens (including phenoxy) is 1. The molecule has 3 N–H and O–H groups in total. The Kier molecular flexibility index (Phi) is 3.69. The lowest BCUT2D eigenvalue weighted by molar-refractivity contribution is -0.140. The van der Waals surface area contributed by atoms with E-state index in [4.69, 9.17) is 10.5 Å². The number of nitrogens with two attached hydrogens (primary N) is 1. The van der Waals surface area contributed by atoms with Crippen LogP contribution < -0.4 is 11.1 Å². The molecule has 0 radical (unpaired) electrons. The second kappa shape index (κ2) is 4.58. The molecule has 0 aromatic rings. The van der Waals surface area contributed by atoms with E-state index in [1.165, 1.54) is 0 Å². The summed E-state index contributed by atoms with van der Waals surface area (Å²) < 4.78 is 5.50. The zero-order valence-corrected chi connectivity index (χ0v) is 8.25. The molecule has 1 fully saturated rings. The molecule has 0 heterocycles. The molecule has 13 heavy (non-hydrogen) atoms. The molecule has 0 saturated heterocycles. The summed E-state index contributed by atoms with van der Waals surface area (Å²) in [7, 11) is 1.62. The van der Waals surface area contributed by atoms with Crippen LogP contribution in [0, 0.1) is 5.92 Å². The Hall–Kier alpha value is -0.610. The molecule has 1 aliphatic carbocycles. The summed E-state index contributed by atoms with van der Waals surface area (Å²) in [4.78, 5) is 11.1. The number of hydrogen-bond donors (Lipinski definition) is 2. The molecule has 0 bridgehead atoms. The normalized spacial score (nSPS) is 29.2. The Morgan fingerprint density at radius 3 is 2.77 bits per heavy atom. The van der Waals surface area contributed by atoms with Crippen LogP contribution in [0.2, 0.25) is 0 Å². The maximum atomic E-state index is 11.1. The molecule has 76 valence electrons. The van der Waals surface area contributed by atoms with Crippen LogP contribution in [0.5, 0.6) is 0 Å². The van der Waals surface area contributed by atoms with E-state index in [1.807, 2.05) is 0 Å². The van der Waals surface area contributed by atoms with E-state index >= 15 is 0 Å². The first-order valence-electron chi connectivity index (χ1n) is 4.74. The number of carbonyl (C=O) groups is 1. The van der Waals surface area contributed by atoms with E-state index in [9.17, 15) is 4.79 Å². The largest absolute Gasteiger partial charge is 0.365 e. The molecule has 0 aromatic carbocycles. The number of likely N-dealkylation sites (N-methyl/N-ethyl adjacent to an activating group) is 1. The van der Waals surface area contributed by atoms with Crippen molar-refractivity contribution in [1.29, 1.82) is 0 Å². The summed E-state index contributed by atoms with van der Waals surface area (Å²) >= 11 is 0. The standard InChI is InChI=1S/C9H18N2O2/c1-6(9(12)11-2)13-8-3-7(4-8)5-10/h6-8H,3-5,10H2,1-2H3,(H,11,12). The van der Waals surface area contributed by atoms with E-state index in [0.717, 1.165) is 19.4 Å². The fraction of sp³-hybridized carbons (Fsp3) is 0.889. The number of carbonyl (C=O) groups excluding carboxylic acids is 1. The quantitative estimate of drug-likeness (QED) is 0.643. The molecule has 0 spiro atoms. The molecule has 1 saturated carbocycles. The number of rotatable bonds is 4. The van der Waals surface area contributed by atoms with E-state index < -0.39 is 0 Å². The first-order chi connectivity index (χ1) is 6.17. The average molecular weight is 186 g/mol. The summed E-state index contributed by atoms with van der Waals surface area (Å²) in [6.45, 7) is 2.50. The summed E-state index contributed by atoms with van der Waals surface area (Å²) in [5.74, 6) is 0.540. The van der Waals surface area contributed by atoms with Gasteiger partial charge < -0.3 is 15.8 Å². The van der Waals surface area contributed by atoms with Crippen molar-refractivity contribution in [3.63, 3.8) is 0 Å². The summed E-state index contributed by atoms with van der Waals surface area (Å²) in [6.07, 6.45) is 1.89. The number of amides is 1. The summed E-state index contributed by atoms with van der Waals surface area (Å²) in [5.41, 5.74) is 5.48. The molecular formula is C9H18N2O2. The molecule has 1 rings (SSSR count). The van der Waals surface area contributed by atoms with Crippen molar-refractivity contribution in [1.82, 2.24) is 5.32 Å². The van der Waals surface area contributed by atoms with E-state index in [1.54, 1.807) is 14.0 Å². The molecule has 1 amide bonds. The highest BCUT2D eigenvalue weighted by Crippen LogP contribution is 2.29. The Bertz CT molecular complexity index is 178. The Balaban J connectivity index is 2.16. The highest BCUT2D eigenvalue weighted by molar-refractivity contribution is 5.79. The Morgan fingerprint density at radius 2 is 2.31 bits per heavy atom. The van der Waals surface area contributed by atoms with Gasteiger partial charge in [-0.25, -0.2) is 0 Å². The topological polar surface area (TPSA) is 64.3 Å². The van der Waals surface area contributed by atoms with E-state index in [0.29, 0.717) is 5.92 Å². The van der Waals surface area contributed by atoms with Gasteiger partial charge in [0.1, 0.15) is 6.10 Å². The monoisotopic (exact) mass is 186 g/mol. The van der Waals surface area contributed by atoms with Crippen LogP contribution in [0.1, 0.15) is 19.8 Å². The van der Waals surface area contributed by atoms with Crippen molar-refractivity contribution in [3.8, 4) is 0 Å². The van der Waals surface area contributed by atoms with Crippen LogP contribution in [0.4, 0.5) is 0 Å². The maximum absolute atomic E-state index is 11.1. The Labute approximate surface area is 78.8 Å². The minimum atomic E-state index is -0.339. The van der Waals surface area contributed by atoms with Crippen LogP contribution >= 0.6 is 0 Å². The van der Waals surface area contributed by atoms with Crippen molar-refractivity contribution < 1.29 is 9.53 Å². The predicted molar refractivity (Wildman–Crippen MR) is 50.2 cm³/mol. The fourth-order valence-corrected chi connectivity index (χ4v) is 1.53.